The van der Waals surface area contributed by atoms with Crippen LogP contribution in [0.2, 0.25) is 0 Å². The van der Waals surface area contributed by atoms with Gasteiger partial charge in [0.05, 0.1) is 44.0 Å². The number of thiazole rings is 1. The average molecular weight is 401 g/mol. The molecule has 0 saturated heterocycles. The van der Waals surface area contributed by atoms with E-state index in [2.05, 4.69) is 4.98 Å². The SMILES string of the molecule is COc1ccc(CC(=O)N(C)[C@@H](C)c2nc3ccccc3s2)c(OC)c1OC. The van der Waals surface area contributed by atoms with Gasteiger partial charge in [-0.25, -0.2) is 4.98 Å². The van der Waals surface area contributed by atoms with Gasteiger partial charge in [0.15, 0.2) is 11.5 Å². The largest absolute Gasteiger partial charge is 0.493 e. The summed E-state index contributed by atoms with van der Waals surface area (Å²) < 4.78 is 17.3. The number of hydrogen-bond acceptors (Lipinski definition) is 6. The molecule has 7 heteroatoms. The summed E-state index contributed by atoms with van der Waals surface area (Å²) >= 11 is 1.61. The zero-order chi connectivity index (χ0) is 20.3. The molecule has 28 heavy (non-hydrogen) atoms. The van der Waals surface area contributed by atoms with Crippen LogP contribution < -0.4 is 14.2 Å². The molecule has 1 amide bonds. The van der Waals surface area contributed by atoms with E-state index >= 15 is 0 Å². The molecule has 0 aliphatic carbocycles. The predicted molar refractivity (Wildman–Crippen MR) is 111 cm³/mol. The fourth-order valence-corrected chi connectivity index (χ4v) is 4.10. The number of para-hydroxylation sites is 1. The minimum Gasteiger partial charge on any atom is -0.493 e. The Kier molecular flexibility index (Phi) is 6.04. The number of likely N-dealkylation sites (N-methyl/N-ethyl adjacent to an activating group) is 1. The van der Waals surface area contributed by atoms with Gasteiger partial charge < -0.3 is 19.1 Å². The minimum atomic E-state index is -0.129. The van der Waals surface area contributed by atoms with Crippen LogP contribution in [0.1, 0.15) is 23.5 Å². The maximum Gasteiger partial charge on any atom is 0.227 e. The topological polar surface area (TPSA) is 60.9 Å². The van der Waals surface area contributed by atoms with Gasteiger partial charge in [0.25, 0.3) is 0 Å². The van der Waals surface area contributed by atoms with E-state index in [1.165, 1.54) is 0 Å². The molecule has 0 aliphatic heterocycles. The molecule has 1 heterocycles. The molecule has 0 fully saturated rings. The smallest absolute Gasteiger partial charge is 0.227 e. The summed E-state index contributed by atoms with van der Waals surface area (Å²) in [5, 5.41) is 0.913. The molecule has 1 aromatic heterocycles. The van der Waals surface area contributed by atoms with Crippen molar-refractivity contribution in [3.05, 3.63) is 47.0 Å². The number of carbonyl (C=O) groups excluding carboxylic acids is 1. The van der Waals surface area contributed by atoms with Gasteiger partial charge in [-0.2, -0.15) is 0 Å². The fourth-order valence-electron chi connectivity index (χ4n) is 3.04. The molecule has 3 rings (SSSR count). The summed E-state index contributed by atoms with van der Waals surface area (Å²) in [6.07, 6.45) is 0.190. The lowest BCUT2D eigenvalue weighted by Crippen LogP contribution is -2.31. The van der Waals surface area contributed by atoms with Crippen LogP contribution in [0.4, 0.5) is 0 Å². The number of hydrogen-bond donors (Lipinski definition) is 0. The third-order valence-corrected chi connectivity index (χ3v) is 5.98. The first-order valence-corrected chi connectivity index (χ1v) is 9.70. The van der Waals surface area contributed by atoms with Crippen LogP contribution in [0.5, 0.6) is 17.2 Å². The van der Waals surface area contributed by atoms with Crippen molar-refractivity contribution >= 4 is 27.5 Å². The van der Waals surface area contributed by atoms with E-state index in [1.807, 2.05) is 37.3 Å². The Morgan fingerprint density at radius 1 is 1.07 bits per heavy atom. The van der Waals surface area contributed by atoms with E-state index in [4.69, 9.17) is 14.2 Å². The first kappa shape index (κ1) is 19.9. The molecule has 1 atom stereocenters. The molecule has 0 N–H and O–H groups in total. The summed E-state index contributed by atoms with van der Waals surface area (Å²) in [5.41, 5.74) is 1.70. The number of rotatable bonds is 7. The highest BCUT2D eigenvalue weighted by Gasteiger charge is 2.23. The van der Waals surface area contributed by atoms with E-state index in [1.54, 1.807) is 50.7 Å². The van der Waals surface area contributed by atoms with Crippen LogP contribution >= 0.6 is 11.3 Å². The normalized spacial score (nSPS) is 11.9. The first-order valence-electron chi connectivity index (χ1n) is 8.89. The van der Waals surface area contributed by atoms with Gasteiger partial charge in [-0.05, 0) is 25.1 Å². The lowest BCUT2D eigenvalue weighted by molar-refractivity contribution is -0.131. The summed E-state index contributed by atoms with van der Waals surface area (Å²) in [6, 6.07) is 11.5. The Morgan fingerprint density at radius 2 is 1.79 bits per heavy atom. The Morgan fingerprint density at radius 3 is 2.43 bits per heavy atom. The number of amides is 1. The van der Waals surface area contributed by atoms with Crippen LogP contribution in [-0.2, 0) is 11.2 Å². The Balaban J connectivity index is 1.82. The lowest BCUT2D eigenvalue weighted by Gasteiger charge is -2.24. The first-order chi connectivity index (χ1) is 13.5. The molecule has 2 aromatic carbocycles. The molecule has 0 spiro atoms. The monoisotopic (exact) mass is 400 g/mol. The average Bonchev–Trinajstić information content (AvgIpc) is 3.16. The quantitative estimate of drug-likeness (QED) is 0.598. The highest BCUT2D eigenvalue weighted by Crippen LogP contribution is 2.40. The van der Waals surface area contributed by atoms with Gasteiger partial charge >= 0.3 is 0 Å². The molecule has 0 radical (unpaired) electrons. The second-order valence-corrected chi connectivity index (χ2v) is 7.43. The molecule has 0 unspecified atom stereocenters. The minimum absolute atomic E-state index is 0.0303. The Labute approximate surface area is 168 Å². The summed E-state index contributed by atoms with van der Waals surface area (Å²) in [4.78, 5) is 19.3. The third-order valence-electron chi connectivity index (χ3n) is 4.77. The van der Waals surface area contributed by atoms with Crippen LogP contribution in [0.3, 0.4) is 0 Å². The molecular weight excluding hydrogens is 376 g/mol. The number of nitrogens with zero attached hydrogens (tertiary/aromatic N) is 2. The van der Waals surface area contributed by atoms with Gasteiger partial charge in [-0.3, -0.25) is 4.79 Å². The zero-order valence-corrected chi connectivity index (χ0v) is 17.5. The third kappa shape index (κ3) is 3.75. The molecular formula is C21H24N2O4S. The van der Waals surface area contributed by atoms with Crippen molar-refractivity contribution in [3.8, 4) is 17.2 Å². The highest BCUT2D eigenvalue weighted by atomic mass is 32.1. The molecule has 6 nitrogen and oxygen atoms in total. The standard InChI is InChI=1S/C21H24N2O4S/c1-13(21-22-15-8-6-7-9-17(15)28-21)23(2)18(24)12-14-10-11-16(25-3)20(27-5)19(14)26-4/h6-11,13H,12H2,1-5H3/t13-/m0/s1. The molecule has 0 aliphatic rings. The van der Waals surface area contributed by atoms with Gasteiger partial charge in [-0.15, -0.1) is 11.3 Å². The molecule has 148 valence electrons. The van der Waals surface area contributed by atoms with Crippen LogP contribution in [0.15, 0.2) is 36.4 Å². The lowest BCUT2D eigenvalue weighted by atomic mass is 10.1. The van der Waals surface area contributed by atoms with Crippen molar-refractivity contribution in [2.45, 2.75) is 19.4 Å². The summed E-state index contributed by atoms with van der Waals surface area (Å²) in [6.45, 7) is 1.99. The summed E-state index contributed by atoms with van der Waals surface area (Å²) in [5.74, 6) is 1.53. The Hall–Kier alpha value is -2.80. The number of aromatic nitrogens is 1. The molecule has 3 aromatic rings. The van der Waals surface area contributed by atoms with Gasteiger partial charge in [0.2, 0.25) is 11.7 Å². The van der Waals surface area contributed by atoms with E-state index in [9.17, 15) is 4.79 Å². The van der Waals surface area contributed by atoms with Crippen molar-refractivity contribution in [1.29, 1.82) is 0 Å². The van der Waals surface area contributed by atoms with Crippen molar-refractivity contribution in [3.63, 3.8) is 0 Å². The van der Waals surface area contributed by atoms with Gasteiger partial charge in [-0.1, -0.05) is 18.2 Å². The summed E-state index contributed by atoms with van der Waals surface area (Å²) in [7, 11) is 6.47. The number of carbonyl (C=O) groups is 1. The number of fused-ring (bicyclic) bond motifs is 1. The van der Waals surface area contributed by atoms with Crippen LogP contribution in [0.25, 0.3) is 10.2 Å². The Bertz CT molecular complexity index is 953. The van der Waals surface area contributed by atoms with Crippen molar-refractivity contribution in [2.75, 3.05) is 28.4 Å². The maximum atomic E-state index is 12.9. The van der Waals surface area contributed by atoms with E-state index in [0.29, 0.717) is 17.2 Å². The number of ether oxygens (including phenoxy) is 3. The van der Waals surface area contributed by atoms with Gasteiger partial charge in [0, 0.05) is 12.6 Å². The number of benzene rings is 2. The van der Waals surface area contributed by atoms with Crippen LogP contribution in [0, 0.1) is 0 Å². The van der Waals surface area contributed by atoms with Gasteiger partial charge in [0.1, 0.15) is 5.01 Å². The number of methoxy groups -OCH3 is 3. The zero-order valence-electron chi connectivity index (χ0n) is 16.7. The highest BCUT2D eigenvalue weighted by molar-refractivity contribution is 7.18. The second kappa shape index (κ2) is 8.48. The van der Waals surface area contributed by atoms with E-state index < -0.39 is 0 Å². The van der Waals surface area contributed by atoms with Crippen LogP contribution in [-0.4, -0.2) is 44.2 Å². The van der Waals surface area contributed by atoms with E-state index in [0.717, 1.165) is 20.8 Å². The molecule has 0 saturated carbocycles. The van der Waals surface area contributed by atoms with Crippen molar-refractivity contribution in [1.82, 2.24) is 9.88 Å². The maximum absolute atomic E-state index is 12.9. The predicted octanol–water partition coefficient (Wildman–Crippen LogP) is 4.08. The van der Waals surface area contributed by atoms with Crippen molar-refractivity contribution < 1.29 is 19.0 Å². The van der Waals surface area contributed by atoms with E-state index in [-0.39, 0.29) is 18.4 Å². The molecule has 0 bridgehead atoms. The van der Waals surface area contributed by atoms with Crippen molar-refractivity contribution in [2.24, 2.45) is 0 Å². The second-order valence-electron chi connectivity index (χ2n) is 6.37. The fraction of sp³-hybridized carbons (Fsp3) is 0.333.